The molecular formula is C28H46O2S2Sn2. The van der Waals surface area contributed by atoms with Crippen molar-refractivity contribution in [1.29, 1.82) is 0 Å². The molecule has 190 valence electrons. The molecule has 0 unspecified atom stereocenters. The molecule has 0 aliphatic carbocycles. The van der Waals surface area contributed by atoms with Gasteiger partial charge in [0.2, 0.25) is 0 Å². The van der Waals surface area contributed by atoms with Crippen molar-refractivity contribution in [3.8, 4) is 11.5 Å². The minimum atomic E-state index is -2.23. The van der Waals surface area contributed by atoms with Gasteiger partial charge in [0.15, 0.2) is 0 Å². The van der Waals surface area contributed by atoms with Gasteiger partial charge in [-0.2, -0.15) is 0 Å². The molecule has 0 aliphatic heterocycles. The van der Waals surface area contributed by atoms with Crippen molar-refractivity contribution in [2.45, 2.75) is 94.9 Å². The number of benzene rings is 1. The van der Waals surface area contributed by atoms with E-state index in [-0.39, 0.29) is 0 Å². The molecule has 2 aromatic heterocycles. The first kappa shape index (κ1) is 28.9. The first-order chi connectivity index (χ1) is 16.1. The molecule has 2 nitrogen and oxygen atoms in total. The van der Waals surface area contributed by atoms with Crippen LogP contribution >= 0.6 is 22.7 Å². The molecule has 0 atom stereocenters. The van der Waals surface area contributed by atoms with E-state index in [0.717, 1.165) is 37.6 Å². The molecule has 0 radical (unpaired) electrons. The van der Waals surface area contributed by atoms with Crippen LogP contribution in [0.15, 0.2) is 12.1 Å². The van der Waals surface area contributed by atoms with Gasteiger partial charge in [-0.1, -0.05) is 0 Å². The summed E-state index contributed by atoms with van der Waals surface area (Å²) in [5.41, 5.74) is 0. The van der Waals surface area contributed by atoms with Gasteiger partial charge in [-0.25, -0.2) is 0 Å². The zero-order valence-corrected chi connectivity index (χ0v) is 30.2. The number of unbranched alkanes of at least 4 members (excludes halogenated alkanes) is 6. The third kappa shape index (κ3) is 7.22. The predicted octanol–water partition coefficient (Wildman–Crippen LogP) is 9.12. The maximum absolute atomic E-state index is 6.65. The van der Waals surface area contributed by atoms with Crippen LogP contribution in [-0.2, 0) is 0 Å². The molecule has 1 aromatic carbocycles. The molecule has 34 heavy (non-hydrogen) atoms. The molecule has 0 amide bonds. The van der Waals surface area contributed by atoms with Gasteiger partial charge >= 0.3 is 227 Å². The van der Waals surface area contributed by atoms with Gasteiger partial charge in [-0.15, -0.1) is 0 Å². The van der Waals surface area contributed by atoms with Crippen molar-refractivity contribution in [2.24, 2.45) is 0 Å². The topological polar surface area (TPSA) is 18.5 Å². The SMILES string of the molecule is CCCCCCOc1c2c[c]([Sn]([CH3])([CH3])[CH3])sc2c(OCCCCCC)c2c[c]([Sn]([CH3])([CH3])[CH3])sc12. The first-order valence-corrected chi connectivity index (χ1v) is 35.0. The van der Waals surface area contributed by atoms with Crippen molar-refractivity contribution < 1.29 is 9.47 Å². The van der Waals surface area contributed by atoms with Crippen LogP contribution in [0.5, 0.6) is 11.5 Å². The fourth-order valence-corrected chi connectivity index (χ4v) is 16.9. The van der Waals surface area contributed by atoms with Crippen molar-refractivity contribution in [2.75, 3.05) is 13.2 Å². The molecule has 2 heterocycles. The number of rotatable bonds is 14. The van der Waals surface area contributed by atoms with Crippen LogP contribution in [0.3, 0.4) is 0 Å². The summed E-state index contributed by atoms with van der Waals surface area (Å²) in [5, 5.41) is 2.63. The fraction of sp³-hybridized carbons (Fsp3) is 0.643. The predicted molar refractivity (Wildman–Crippen MR) is 162 cm³/mol. The van der Waals surface area contributed by atoms with Crippen molar-refractivity contribution in [3.63, 3.8) is 0 Å². The molecule has 0 spiro atoms. The molecule has 3 aromatic rings. The van der Waals surface area contributed by atoms with Crippen molar-refractivity contribution in [3.05, 3.63) is 12.1 Å². The van der Waals surface area contributed by atoms with E-state index in [1.807, 2.05) is 22.7 Å². The molecule has 0 N–H and O–H groups in total. The molecule has 6 heteroatoms. The van der Waals surface area contributed by atoms with E-state index >= 15 is 0 Å². The Hall–Kier alpha value is 0.337. The minimum absolute atomic E-state index is 0.817. The summed E-state index contributed by atoms with van der Waals surface area (Å²) in [6.45, 7) is 6.17. The van der Waals surface area contributed by atoms with Crippen LogP contribution in [0.2, 0.25) is 29.6 Å². The Kier molecular flexibility index (Phi) is 10.8. The normalized spacial score (nSPS) is 12.7. The summed E-state index contributed by atoms with van der Waals surface area (Å²) < 4.78 is 19.2. The fourth-order valence-electron chi connectivity index (χ4n) is 4.13. The van der Waals surface area contributed by atoms with Crippen LogP contribution in [0.4, 0.5) is 0 Å². The van der Waals surface area contributed by atoms with E-state index < -0.39 is 36.8 Å². The zero-order chi connectivity index (χ0) is 24.9. The molecule has 0 aliphatic rings. The second-order valence-corrected chi connectivity index (χ2v) is 44.6. The van der Waals surface area contributed by atoms with E-state index in [9.17, 15) is 0 Å². The van der Waals surface area contributed by atoms with E-state index in [0.29, 0.717) is 0 Å². The third-order valence-corrected chi connectivity index (χ3v) is 27.5. The van der Waals surface area contributed by atoms with Crippen molar-refractivity contribution >= 4 is 85.4 Å². The quantitative estimate of drug-likeness (QED) is 0.123. The Morgan fingerprint density at radius 2 is 0.971 bits per heavy atom. The molecule has 0 saturated heterocycles. The molecule has 0 fully saturated rings. The van der Waals surface area contributed by atoms with E-state index in [4.69, 9.17) is 9.47 Å². The summed E-state index contributed by atoms with van der Waals surface area (Å²) in [6.07, 6.45) is 9.89. The van der Waals surface area contributed by atoms with E-state index in [1.165, 1.54) is 58.7 Å². The number of fused-ring (bicyclic) bond motifs is 2. The van der Waals surface area contributed by atoms with Gasteiger partial charge in [0.25, 0.3) is 0 Å². The Balaban J connectivity index is 2.12. The Bertz CT molecular complexity index is 932. The summed E-state index contributed by atoms with van der Waals surface area (Å²) in [5.74, 6) is 2.29. The second kappa shape index (κ2) is 12.7. The maximum atomic E-state index is 6.65. The summed E-state index contributed by atoms with van der Waals surface area (Å²) in [6, 6.07) is 4.97. The Labute approximate surface area is 224 Å². The average Bonchev–Trinajstić information content (AvgIpc) is 3.39. The zero-order valence-electron chi connectivity index (χ0n) is 22.9. The van der Waals surface area contributed by atoms with Gasteiger partial charge < -0.3 is 0 Å². The standard InChI is InChI=1S/C22H28O2S2.6CH3.2Sn/c1-3-5-7-9-13-23-19-17-11-15-26-22(17)20(18-12-16-25-21(18)19)24-14-10-8-6-4-2;;;;;;;;/h11-12H,3-10,13-14H2,1-2H3;6*1H3;;. The first-order valence-electron chi connectivity index (χ1n) is 13.4. The van der Waals surface area contributed by atoms with Gasteiger partial charge in [-0.3, -0.25) is 0 Å². The average molecular weight is 716 g/mol. The third-order valence-electron chi connectivity index (χ3n) is 6.33. The van der Waals surface area contributed by atoms with Gasteiger partial charge in [0, 0.05) is 0 Å². The molecule has 3 rings (SSSR count). The van der Waals surface area contributed by atoms with Gasteiger partial charge in [-0.05, 0) is 0 Å². The number of hydrogen-bond donors (Lipinski definition) is 0. The molecule has 0 bridgehead atoms. The van der Waals surface area contributed by atoms with Crippen LogP contribution in [0, 0.1) is 0 Å². The summed E-state index contributed by atoms with van der Waals surface area (Å²) in [4.78, 5) is 15.1. The van der Waals surface area contributed by atoms with Crippen LogP contribution in [0.1, 0.15) is 65.2 Å². The second-order valence-electron chi connectivity index (χ2n) is 11.7. The monoisotopic (exact) mass is 718 g/mol. The van der Waals surface area contributed by atoms with Crippen LogP contribution in [0.25, 0.3) is 20.2 Å². The van der Waals surface area contributed by atoms with E-state index in [2.05, 4.69) is 55.6 Å². The number of hydrogen-bond acceptors (Lipinski definition) is 4. The van der Waals surface area contributed by atoms with Crippen LogP contribution in [-0.4, -0.2) is 50.0 Å². The molecule has 0 saturated carbocycles. The molecular weight excluding hydrogens is 670 g/mol. The van der Waals surface area contributed by atoms with Gasteiger partial charge in [0.05, 0.1) is 0 Å². The Morgan fingerprint density at radius 3 is 1.29 bits per heavy atom. The van der Waals surface area contributed by atoms with Gasteiger partial charge in [0.1, 0.15) is 0 Å². The summed E-state index contributed by atoms with van der Waals surface area (Å²) >= 11 is -0.449. The van der Waals surface area contributed by atoms with Crippen LogP contribution < -0.4 is 15.3 Å². The Morgan fingerprint density at radius 1 is 0.588 bits per heavy atom. The number of ether oxygens (including phenoxy) is 2. The van der Waals surface area contributed by atoms with E-state index in [1.54, 1.807) is 5.79 Å². The number of thiophene rings is 2. The van der Waals surface area contributed by atoms with Crippen molar-refractivity contribution in [1.82, 2.24) is 0 Å². The summed E-state index contributed by atoms with van der Waals surface area (Å²) in [7, 11) is 0.